The summed E-state index contributed by atoms with van der Waals surface area (Å²) in [5.41, 5.74) is 9.16. The molecule has 116 valence electrons. The number of rotatable bonds is 6. The van der Waals surface area contributed by atoms with Crippen LogP contribution >= 0.6 is 0 Å². The molecule has 2 unspecified atom stereocenters. The Morgan fingerprint density at radius 3 is 2.18 bits per heavy atom. The number of benzene rings is 2. The van der Waals surface area contributed by atoms with E-state index in [0.29, 0.717) is 12.8 Å². The summed E-state index contributed by atoms with van der Waals surface area (Å²) < 4.78 is 0. The zero-order chi connectivity index (χ0) is 15.9. The highest BCUT2D eigenvalue weighted by molar-refractivity contribution is 5.76. The zero-order valence-corrected chi connectivity index (χ0v) is 13.3. The minimum Gasteiger partial charge on any atom is -0.350 e. The van der Waals surface area contributed by atoms with Gasteiger partial charge in [-0.15, -0.1) is 0 Å². The van der Waals surface area contributed by atoms with Crippen molar-refractivity contribution >= 4 is 5.91 Å². The second-order valence-corrected chi connectivity index (χ2v) is 5.79. The first-order valence-corrected chi connectivity index (χ1v) is 7.76. The molecule has 3 heteroatoms. The lowest BCUT2D eigenvalue weighted by atomic mass is 10.0. The number of carbonyl (C=O) groups excluding carboxylic acids is 1. The summed E-state index contributed by atoms with van der Waals surface area (Å²) in [6.45, 7) is 3.92. The first-order valence-electron chi connectivity index (χ1n) is 7.76. The Bertz CT molecular complexity index is 591. The Morgan fingerprint density at radius 2 is 1.59 bits per heavy atom. The second-order valence-electron chi connectivity index (χ2n) is 5.79. The summed E-state index contributed by atoms with van der Waals surface area (Å²) in [6, 6.07) is 18.6. The minimum atomic E-state index is 0.00500. The summed E-state index contributed by atoms with van der Waals surface area (Å²) >= 11 is 0. The third kappa shape index (κ3) is 4.71. The molecule has 0 radical (unpaired) electrons. The fraction of sp³-hybridized carbons (Fsp3) is 0.316. The molecule has 2 aromatic carbocycles. The van der Waals surface area contributed by atoms with Gasteiger partial charge >= 0.3 is 0 Å². The van der Waals surface area contributed by atoms with E-state index in [9.17, 15) is 4.79 Å². The van der Waals surface area contributed by atoms with E-state index in [4.69, 9.17) is 5.73 Å². The fourth-order valence-corrected chi connectivity index (χ4v) is 2.35. The van der Waals surface area contributed by atoms with E-state index < -0.39 is 0 Å². The van der Waals surface area contributed by atoms with Crippen LogP contribution in [0.25, 0.3) is 11.1 Å². The van der Waals surface area contributed by atoms with Crippen molar-refractivity contribution < 1.29 is 4.79 Å². The molecule has 2 aromatic rings. The van der Waals surface area contributed by atoms with Crippen LogP contribution in [0, 0.1) is 0 Å². The third-order valence-electron chi connectivity index (χ3n) is 3.72. The zero-order valence-electron chi connectivity index (χ0n) is 13.3. The van der Waals surface area contributed by atoms with Crippen molar-refractivity contribution in [2.75, 3.05) is 0 Å². The number of hydrogen-bond acceptors (Lipinski definition) is 2. The number of nitrogens with two attached hydrogens (primary N) is 1. The molecule has 0 aliphatic rings. The van der Waals surface area contributed by atoms with Crippen LogP contribution in [0.5, 0.6) is 0 Å². The van der Waals surface area contributed by atoms with Crippen molar-refractivity contribution in [1.82, 2.24) is 5.32 Å². The lowest BCUT2D eigenvalue weighted by molar-refractivity contribution is -0.121. The van der Waals surface area contributed by atoms with E-state index in [-0.39, 0.29) is 18.0 Å². The van der Waals surface area contributed by atoms with Crippen LogP contribution in [0.4, 0.5) is 0 Å². The molecule has 0 aliphatic heterocycles. The maximum atomic E-state index is 11.9. The lowest BCUT2D eigenvalue weighted by Crippen LogP contribution is -2.28. The normalized spacial score (nSPS) is 13.4. The van der Waals surface area contributed by atoms with Gasteiger partial charge in [-0.05, 0) is 37.0 Å². The van der Waals surface area contributed by atoms with Crippen molar-refractivity contribution in [2.24, 2.45) is 5.73 Å². The van der Waals surface area contributed by atoms with Crippen LogP contribution in [0.15, 0.2) is 54.6 Å². The topological polar surface area (TPSA) is 55.1 Å². The highest BCUT2D eigenvalue weighted by atomic mass is 16.1. The van der Waals surface area contributed by atoms with Crippen LogP contribution in [-0.2, 0) is 4.79 Å². The van der Waals surface area contributed by atoms with Gasteiger partial charge in [0.05, 0.1) is 6.04 Å². The molecule has 0 saturated carbocycles. The molecular weight excluding hydrogens is 272 g/mol. The quantitative estimate of drug-likeness (QED) is 0.854. The molecule has 0 saturated heterocycles. The Kier molecular flexibility index (Phi) is 5.73. The lowest BCUT2D eigenvalue weighted by Gasteiger charge is -2.15. The van der Waals surface area contributed by atoms with Crippen LogP contribution in [0.2, 0.25) is 0 Å². The molecular formula is C19H24N2O. The third-order valence-corrected chi connectivity index (χ3v) is 3.72. The van der Waals surface area contributed by atoms with Crippen molar-refractivity contribution in [3.05, 3.63) is 60.2 Å². The van der Waals surface area contributed by atoms with Crippen molar-refractivity contribution in [3.63, 3.8) is 0 Å². The van der Waals surface area contributed by atoms with E-state index in [2.05, 4.69) is 41.7 Å². The highest BCUT2D eigenvalue weighted by Crippen LogP contribution is 2.21. The van der Waals surface area contributed by atoms with Crippen molar-refractivity contribution in [3.8, 4) is 11.1 Å². The molecule has 0 aliphatic carbocycles. The van der Waals surface area contributed by atoms with Gasteiger partial charge in [0.2, 0.25) is 5.91 Å². The number of nitrogens with one attached hydrogen (secondary N) is 1. The summed E-state index contributed by atoms with van der Waals surface area (Å²) in [4.78, 5) is 11.9. The van der Waals surface area contributed by atoms with Crippen LogP contribution in [0.3, 0.4) is 0 Å². The maximum absolute atomic E-state index is 11.9. The number of carbonyl (C=O) groups is 1. The predicted octanol–water partition coefficient (Wildman–Crippen LogP) is 3.66. The van der Waals surface area contributed by atoms with Crippen molar-refractivity contribution in [2.45, 2.75) is 38.8 Å². The van der Waals surface area contributed by atoms with E-state index >= 15 is 0 Å². The summed E-state index contributed by atoms with van der Waals surface area (Å²) in [5, 5.41) is 3.02. The molecule has 2 atom stereocenters. The Hall–Kier alpha value is -2.13. The minimum absolute atomic E-state index is 0.00500. The average molecular weight is 296 g/mol. The molecule has 1 amide bonds. The van der Waals surface area contributed by atoms with Gasteiger partial charge in [0.1, 0.15) is 0 Å². The van der Waals surface area contributed by atoms with Crippen LogP contribution in [0.1, 0.15) is 38.3 Å². The van der Waals surface area contributed by atoms with Crippen molar-refractivity contribution in [1.29, 1.82) is 0 Å². The molecule has 0 fully saturated rings. The van der Waals surface area contributed by atoms with Gasteiger partial charge in [-0.3, -0.25) is 4.79 Å². The standard InChI is InChI=1S/C19H24N2O/c1-14(20)8-13-19(22)21-15(2)16-9-11-18(12-10-16)17-6-4-3-5-7-17/h3-7,9-12,14-15H,8,13,20H2,1-2H3,(H,21,22). The molecule has 0 heterocycles. The summed E-state index contributed by atoms with van der Waals surface area (Å²) in [5.74, 6) is 0.0527. The van der Waals surface area contributed by atoms with E-state index in [0.717, 1.165) is 5.56 Å². The van der Waals surface area contributed by atoms with Gasteiger partial charge < -0.3 is 11.1 Å². The molecule has 3 nitrogen and oxygen atoms in total. The summed E-state index contributed by atoms with van der Waals surface area (Å²) in [6.07, 6.45) is 1.19. The Labute approximate surface area is 132 Å². The number of hydrogen-bond donors (Lipinski definition) is 2. The van der Waals surface area contributed by atoms with Crippen LogP contribution in [-0.4, -0.2) is 11.9 Å². The monoisotopic (exact) mass is 296 g/mol. The predicted molar refractivity (Wildman–Crippen MR) is 91.3 cm³/mol. The fourth-order valence-electron chi connectivity index (χ4n) is 2.35. The molecule has 0 aromatic heterocycles. The number of amides is 1. The molecule has 0 bridgehead atoms. The van der Waals surface area contributed by atoms with Gasteiger partial charge in [0, 0.05) is 12.5 Å². The Balaban J connectivity index is 1.96. The molecule has 2 rings (SSSR count). The van der Waals surface area contributed by atoms with Crippen LogP contribution < -0.4 is 11.1 Å². The van der Waals surface area contributed by atoms with Gasteiger partial charge in [-0.2, -0.15) is 0 Å². The SMILES string of the molecule is CC(N)CCC(=O)NC(C)c1ccc(-c2ccccc2)cc1. The maximum Gasteiger partial charge on any atom is 0.220 e. The highest BCUT2D eigenvalue weighted by Gasteiger charge is 2.10. The van der Waals surface area contributed by atoms with E-state index in [1.165, 1.54) is 11.1 Å². The molecule has 3 N–H and O–H groups in total. The largest absolute Gasteiger partial charge is 0.350 e. The summed E-state index contributed by atoms with van der Waals surface area (Å²) in [7, 11) is 0. The Morgan fingerprint density at radius 1 is 1.00 bits per heavy atom. The smallest absolute Gasteiger partial charge is 0.220 e. The second kappa shape index (κ2) is 7.76. The first kappa shape index (κ1) is 16.2. The first-order chi connectivity index (χ1) is 10.6. The van der Waals surface area contributed by atoms with E-state index in [1.807, 2.05) is 32.0 Å². The average Bonchev–Trinajstić information content (AvgIpc) is 2.54. The molecule has 0 spiro atoms. The van der Waals surface area contributed by atoms with Gasteiger partial charge in [-0.25, -0.2) is 0 Å². The van der Waals surface area contributed by atoms with Gasteiger partial charge in [0.25, 0.3) is 0 Å². The van der Waals surface area contributed by atoms with Gasteiger partial charge in [0.15, 0.2) is 0 Å². The van der Waals surface area contributed by atoms with E-state index in [1.54, 1.807) is 0 Å². The molecule has 22 heavy (non-hydrogen) atoms. The van der Waals surface area contributed by atoms with Gasteiger partial charge in [-0.1, -0.05) is 54.6 Å².